The summed E-state index contributed by atoms with van der Waals surface area (Å²) >= 11 is 0. The van der Waals surface area contributed by atoms with Crippen molar-refractivity contribution in [2.45, 2.75) is 25.9 Å². The number of carbonyl (C=O) groups excluding carboxylic acids is 1. The van der Waals surface area contributed by atoms with E-state index in [4.69, 9.17) is 15.7 Å². The Morgan fingerprint density at radius 3 is 2.94 bits per heavy atom. The Morgan fingerprint density at radius 1 is 1.41 bits per heavy atom. The van der Waals surface area contributed by atoms with E-state index < -0.39 is 0 Å². The van der Waals surface area contributed by atoms with E-state index in [-0.39, 0.29) is 12.5 Å². The summed E-state index contributed by atoms with van der Waals surface area (Å²) in [6.07, 6.45) is 1.94. The number of unbranched alkanes of at least 4 members (excludes halogenated alkanes) is 1. The smallest absolute Gasteiger partial charge is 0.233 e. The minimum Gasteiger partial charge on any atom is -0.494 e. The van der Waals surface area contributed by atoms with Gasteiger partial charge in [0, 0.05) is 6.42 Å². The number of ether oxygens (including phenoxy) is 1. The number of hydrogen-bond donors (Lipinski definition) is 3. The van der Waals surface area contributed by atoms with Crippen LogP contribution < -0.4 is 16.0 Å². The molecule has 0 aliphatic carbocycles. The topological polar surface area (TPSA) is 84.6 Å². The molecule has 5 nitrogen and oxygen atoms in total. The Bertz CT molecular complexity index is 355. The number of nitrogens with one attached hydrogen (secondary N) is 1. The van der Waals surface area contributed by atoms with Crippen LogP contribution in [0.15, 0.2) is 24.3 Å². The molecule has 94 valence electrons. The zero-order valence-electron chi connectivity index (χ0n) is 9.69. The van der Waals surface area contributed by atoms with Crippen molar-refractivity contribution >= 4 is 5.91 Å². The van der Waals surface area contributed by atoms with Crippen molar-refractivity contribution < 1.29 is 14.6 Å². The maximum atomic E-state index is 10.8. The first-order valence-corrected chi connectivity index (χ1v) is 5.58. The molecule has 0 fully saturated rings. The minimum absolute atomic E-state index is 0.00781. The van der Waals surface area contributed by atoms with Crippen LogP contribution >= 0.6 is 0 Å². The molecule has 4 N–H and O–H groups in total. The molecule has 0 spiro atoms. The van der Waals surface area contributed by atoms with Gasteiger partial charge in [-0.15, -0.1) is 0 Å². The highest BCUT2D eigenvalue weighted by atomic mass is 16.5. The van der Waals surface area contributed by atoms with Crippen molar-refractivity contribution in [2.24, 2.45) is 5.84 Å². The number of nitrogens with two attached hydrogens (primary N) is 1. The van der Waals surface area contributed by atoms with Crippen LogP contribution in [-0.4, -0.2) is 17.6 Å². The predicted octanol–water partition coefficient (Wildman–Crippen LogP) is 0.718. The predicted molar refractivity (Wildman–Crippen MR) is 64.0 cm³/mol. The van der Waals surface area contributed by atoms with Crippen molar-refractivity contribution in [3.8, 4) is 5.75 Å². The summed E-state index contributed by atoms with van der Waals surface area (Å²) in [5.74, 6) is 5.53. The molecular formula is C12H18N2O3. The summed E-state index contributed by atoms with van der Waals surface area (Å²) in [5, 5.41) is 8.95. The number of hydrazine groups is 1. The fourth-order valence-electron chi connectivity index (χ4n) is 1.38. The summed E-state index contributed by atoms with van der Waals surface area (Å²) in [6, 6.07) is 7.31. The SMILES string of the molecule is NNC(=O)CCCCOc1cccc(CO)c1. The summed E-state index contributed by atoms with van der Waals surface area (Å²) in [6.45, 7) is 0.556. The van der Waals surface area contributed by atoms with E-state index in [0.717, 1.165) is 24.2 Å². The monoisotopic (exact) mass is 238 g/mol. The molecule has 1 amide bonds. The van der Waals surface area contributed by atoms with Gasteiger partial charge in [-0.1, -0.05) is 12.1 Å². The van der Waals surface area contributed by atoms with Crippen molar-refractivity contribution in [1.29, 1.82) is 0 Å². The molecule has 1 aromatic carbocycles. The fourth-order valence-corrected chi connectivity index (χ4v) is 1.38. The molecule has 1 rings (SSSR count). The second-order valence-corrected chi connectivity index (χ2v) is 3.68. The number of rotatable bonds is 7. The molecule has 1 aromatic rings. The molecule has 5 heteroatoms. The van der Waals surface area contributed by atoms with Crippen LogP contribution in [0.2, 0.25) is 0 Å². The fraction of sp³-hybridized carbons (Fsp3) is 0.417. The second kappa shape index (κ2) is 7.65. The number of aliphatic hydroxyl groups excluding tert-OH is 1. The van der Waals surface area contributed by atoms with Crippen molar-refractivity contribution in [3.63, 3.8) is 0 Å². The highest BCUT2D eigenvalue weighted by molar-refractivity contribution is 5.75. The lowest BCUT2D eigenvalue weighted by Crippen LogP contribution is -2.29. The lowest BCUT2D eigenvalue weighted by Gasteiger charge is -2.06. The van der Waals surface area contributed by atoms with Crippen LogP contribution in [-0.2, 0) is 11.4 Å². The van der Waals surface area contributed by atoms with E-state index in [1.807, 2.05) is 18.2 Å². The largest absolute Gasteiger partial charge is 0.494 e. The molecule has 0 atom stereocenters. The van der Waals surface area contributed by atoms with Gasteiger partial charge in [0.1, 0.15) is 5.75 Å². The van der Waals surface area contributed by atoms with Crippen LogP contribution in [0, 0.1) is 0 Å². The van der Waals surface area contributed by atoms with E-state index in [1.54, 1.807) is 6.07 Å². The Morgan fingerprint density at radius 2 is 2.24 bits per heavy atom. The van der Waals surface area contributed by atoms with Gasteiger partial charge in [0.05, 0.1) is 13.2 Å². The maximum Gasteiger partial charge on any atom is 0.233 e. The van der Waals surface area contributed by atoms with E-state index in [2.05, 4.69) is 5.43 Å². The molecule has 0 bridgehead atoms. The number of aliphatic hydroxyl groups is 1. The van der Waals surface area contributed by atoms with Crippen molar-refractivity contribution in [3.05, 3.63) is 29.8 Å². The summed E-state index contributed by atoms with van der Waals surface area (Å²) in [7, 11) is 0. The second-order valence-electron chi connectivity index (χ2n) is 3.68. The summed E-state index contributed by atoms with van der Waals surface area (Å²) < 4.78 is 5.49. The normalized spacial score (nSPS) is 10.0. The van der Waals surface area contributed by atoms with E-state index in [1.165, 1.54) is 0 Å². The number of amides is 1. The Labute approximate surface area is 101 Å². The third-order valence-corrected chi connectivity index (χ3v) is 2.31. The van der Waals surface area contributed by atoms with Gasteiger partial charge in [-0.05, 0) is 30.5 Å². The van der Waals surface area contributed by atoms with E-state index >= 15 is 0 Å². The first-order valence-electron chi connectivity index (χ1n) is 5.58. The molecule has 0 unspecified atom stereocenters. The highest BCUT2D eigenvalue weighted by Crippen LogP contribution is 2.13. The summed E-state index contributed by atoms with van der Waals surface area (Å²) in [5.41, 5.74) is 2.91. The lowest BCUT2D eigenvalue weighted by molar-refractivity contribution is -0.121. The van der Waals surface area contributed by atoms with Gasteiger partial charge in [0.2, 0.25) is 5.91 Å². The van der Waals surface area contributed by atoms with Gasteiger partial charge in [-0.2, -0.15) is 0 Å². The third kappa shape index (κ3) is 5.33. The van der Waals surface area contributed by atoms with Gasteiger partial charge >= 0.3 is 0 Å². The molecule has 0 aliphatic rings. The third-order valence-electron chi connectivity index (χ3n) is 2.31. The van der Waals surface area contributed by atoms with Crippen LogP contribution in [0.1, 0.15) is 24.8 Å². The van der Waals surface area contributed by atoms with Crippen LogP contribution in [0.5, 0.6) is 5.75 Å². The molecule has 0 saturated carbocycles. The van der Waals surface area contributed by atoms with Gasteiger partial charge in [-0.25, -0.2) is 5.84 Å². The van der Waals surface area contributed by atoms with Gasteiger partial charge in [0.25, 0.3) is 0 Å². The Balaban J connectivity index is 2.19. The zero-order chi connectivity index (χ0) is 12.5. The molecule has 0 heterocycles. The first kappa shape index (κ1) is 13.5. The average molecular weight is 238 g/mol. The highest BCUT2D eigenvalue weighted by Gasteiger charge is 1.99. The number of hydrogen-bond acceptors (Lipinski definition) is 4. The zero-order valence-corrected chi connectivity index (χ0v) is 9.69. The number of carbonyl (C=O) groups is 1. The van der Waals surface area contributed by atoms with Crippen molar-refractivity contribution in [2.75, 3.05) is 6.61 Å². The molecule has 0 aliphatic heterocycles. The standard InChI is InChI=1S/C12H18N2O3/c13-14-12(16)6-1-2-7-17-11-5-3-4-10(8-11)9-15/h3-5,8,15H,1-2,6-7,9,13H2,(H,14,16). The number of benzene rings is 1. The Hall–Kier alpha value is -1.59. The van der Waals surface area contributed by atoms with E-state index in [9.17, 15) is 4.79 Å². The molecule has 0 saturated heterocycles. The van der Waals surface area contributed by atoms with Gasteiger partial charge in [0.15, 0.2) is 0 Å². The molecule has 0 radical (unpaired) electrons. The van der Waals surface area contributed by atoms with Crippen molar-refractivity contribution in [1.82, 2.24) is 5.43 Å². The molecular weight excluding hydrogens is 220 g/mol. The van der Waals surface area contributed by atoms with Gasteiger partial charge in [-0.3, -0.25) is 10.2 Å². The average Bonchev–Trinajstić information content (AvgIpc) is 2.38. The minimum atomic E-state index is -0.160. The Kier molecular flexibility index (Phi) is 6.06. The first-order chi connectivity index (χ1) is 8.26. The van der Waals surface area contributed by atoms with Crippen LogP contribution in [0.3, 0.4) is 0 Å². The maximum absolute atomic E-state index is 10.8. The lowest BCUT2D eigenvalue weighted by atomic mass is 10.2. The summed E-state index contributed by atoms with van der Waals surface area (Å²) in [4.78, 5) is 10.8. The molecule has 0 aromatic heterocycles. The van der Waals surface area contributed by atoms with Crippen LogP contribution in [0.4, 0.5) is 0 Å². The molecule has 17 heavy (non-hydrogen) atoms. The quantitative estimate of drug-likeness (QED) is 0.283. The van der Waals surface area contributed by atoms with Gasteiger partial charge < -0.3 is 9.84 Å². The van der Waals surface area contributed by atoms with E-state index in [0.29, 0.717) is 13.0 Å². The van der Waals surface area contributed by atoms with Crippen LogP contribution in [0.25, 0.3) is 0 Å².